The maximum absolute atomic E-state index is 13.1. The third-order valence-corrected chi connectivity index (χ3v) is 5.99. The number of halogens is 3. The van der Waals surface area contributed by atoms with E-state index < -0.39 is 11.7 Å². The first kappa shape index (κ1) is 24.0. The van der Waals surface area contributed by atoms with Crippen molar-refractivity contribution < 1.29 is 22.8 Å². The predicted octanol–water partition coefficient (Wildman–Crippen LogP) is 4.53. The lowest BCUT2D eigenvalue weighted by atomic mass is 10.0. The van der Waals surface area contributed by atoms with Gasteiger partial charge in [0, 0.05) is 47.7 Å². The number of aryl methyl sites for hydroxylation is 1. The van der Waals surface area contributed by atoms with Gasteiger partial charge in [-0.25, -0.2) is 0 Å². The molecular formula is C24H30F3N3O2. The summed E-state index contributed by atoms with van der Waals surface area (Å²) >= 11 is 0. The molecule has 32 heavy (non-hydrogen) atoms. The Labute approximate surface area is 186 Å². The molecule has 5 nitrogen and oxygen atoms in total. The Kier molecular flexibility index (Phi) is 7.12. The lowest BCUT2D eigenvalue weighted by molar-refractivity contribution is -0.137. The van der Waals surface area contributed by atoms with Gasteiger partial charge in [-0.2, -0.15) is 13.2 Å². The van der Waals surface area contributed by atoms with Gasteiger partial charge >= 0.3 is 6.18 Å². The second-order valence-electron chi connectivity index (χ2n) is 8.81. The van der Waals surface area contributed by atoms with Gasteiger partial charge in [0.15, 0.2) is 5.78 Å². The molecule has 8 heteroatoms. The van der Waals surface area contributed by atoms with E-state index in [2.05, 4.69) is 10.2 Å². The number of likely N-dealkylation sites (tertiary alicyclic amines) is 1. The van der Waals surface area contributed by atoms with E-state index in [1.54, 1.807) is 30.5 Å². The zero-order chi connectivity index (χ0) is 23.6. The first-order valence-electron chi connectivity index (χ1n) is 10.9. The number of aromatic nitrogens is 1. The molecule has 1 aromatic heterocycles. The quantitative estimate of drug-likeness (QED) is 0.660. The molecule has 0 unspecified atom stereocenters. The minimum absolute atomic E-state index is 0.0431. The van der Waals surface area contributed by atoms with Crippen molar-refractivity contribution in [1.29, 1.82) is 0 Å². The van der Waals surface area contributed by atoms with Gasteiger partial charge in [-0.15, -0.1) is 0 Å². The van der Waals surface area contributed by atoms with Gasteiger partial charge in [-0.3, -0.25) is 14.5 Å². The molecule has 1 saturated heterocycles. The maximum Gasteiger partial charge on any atom is 0.416 e. The van der Waals surface area contributed by atoms with Crippen LogP contribution in [-0.2, 0) is 11.0 Å². The Morgan fingerprint density at radius 2 is 1.78 bits per heavy atom. The fraction of sp³-hybridized carbons (Fsp3) is 0.500. The van der Waals surface area contributed by atoms with E-state index in [0.717, 1.165) is 25.0 Å². The molecule has 0 aliphatic carbocycles. The van der Waals surface area contributed by atoms with Crippen LogP contribution in [0.25, 0.3) is 5.69 Å². The van der Waals surface area contributed by atoms with Crippen LogP contribution < -0.4 is 5.32 Å². The summed E-state index contributed by atoms with van der Waals surface area (Å²) in [5, 5.41) is 3.04. The molecule has 0 saturated carbocycles. The fourth-order valence-corrected chi connectivity index (χ4v) is 4.16. The van der Waals surface area contributed by atoms with Crippen LogP contribution in [0.15, 0.2) is 30.3 Å². The Bertz CT molecular complexity index is 987. The molecule has 0 radical (unpaired) electrons. The van der Waals surface area contributed by atoms with Crippen molar-refractivity contribution in [3.8, 4) is 5.69 Å². The number of benzene rings is 1. The third-order valence-electron chi connectivity index (χ3n) is 5.99. The van der Waals surface area contributed by atoms with E-state index >= 15 is 0 Å². The first-order valence-corrected chi connectivity index (χ1v) is 10.9. The summed E-state index contributed by atoms with van der Waals surface area (Å²) in [6.45, 7) is 8.93. The molecule has 3 rings (SSSR count). The highest BCUT2D eigenvalue weighted by Gasteiger charge is 2.31. The van der Waals surface area contributed by atoms with Crippen molar-refractivity contribution in [3.63, 3.8) is 0 Å². The monoisotopic (exact) mass is 449 g/mol. The molecule has 0 atom stereocenters. The summed E-state index contributed by atoms with van der Waals surface area (Å²) in [6, 6.07) is 7.00. The zero-order valence-electron chi connectivity index (χ0n) is 18.9. The van der Waals surface area contributed by atoms with E-state index in [9.17, 15) is 22.8 Å². The van der Waals surface area contributed by atoms with Crippen LogP contribution in [0, 0.1) is 19.8 Å². The molecular weight excluding hydrogens is 419 g/mol. The van der Waals surface area contributed by atoms with Gasteiger partial charge in [-0.1, -0.05) is 19.9 Å². The molecule has 174 valence electrons. The minimum atomic E-state index is -4.43. The van der Waals surface area contributed by atoms with Gasteiger partial charge in [0.1, 0.15) is 0 Å². The second-order valence-corrected chi connectivity index (χ2v) is 8.81. The standard InChI is InChI=1S/C24H30F3N3O2/c1-15(2)23(32)28-19-8-10-29(11-9-19)14-22(31)21-12-16(3)30(17(21)4)20-7-5-6-18(13-20)24(25,26)27/h5-7,12-13,15,19H,8-11,14H2,1-4H3,(H,28,32). The molecule has 0 spiro atoms. The van der Waals surface area contributed by atoms with E-state index in [-0.39, 0.29) is 30.2 Å². The van der Waals surface area contributed by atoms with Crippen molar-refractivity contribution in [2.24, 2.45) is 5.92 Å². The Morgan fingerprint density at radius 1 is 1.12 bits per heavy atom. The van der Waals surface area contributed by atoms with Crippen LogP contribution in [0.1, 0.15) is 54.0 Å². The molecule has 1 aromatic carbocycles. The van der Waals surface area contributed by atoms with Crippen LogP contribution in [0.3, 0.4) is 0 Å². The molecule has 1 amide bonds. The Morgan fingerprint density at radius 3 is 2.38 bits per heavy atom. The highest BCUT2D eigenvalue weighted by molar-refractivity contribution is 5.99. The summed E-state index contributed by atoms with van der Waals surface area (Å²) < 4.78 is 41.1. The molecule has 1 N–H and O–H groups in total. The van der Waals surface area contributed by atoms with E-state index in [0.29, 0.717) is 35.7 Å². The Balaban J connectivity index is 1.69. The summed E-state index contributed by atoms with van der Waals surface area (Å²) in [5.74, 6) is -0.0655. The largest absolute Gasteiger partial charge is 0.416 e. The van der Waals surface area contributed by atoms with Crippen LogP contribution in [0.4, 0.5) is 13.2 Å². The number of rotatable bonds is 6. The third kappa shape index (κ3) is 5.41. The minimum Gasteiger partial charge on any atom is -0.353 e. The number of hydrogen-bond acceptors (Lipinski definition) is 3. The van der Waals surface area contributed by atoms with Crippen molar-refractivity contribution in [3.05, 3.63) is 52.8 Å². The highest BCUT2D eigenvalue weighted by Crippen LogP contribution is 2.31. The lowest BCUT2D eigenvalue weighted by Gasteiger charge is -2.32. The molecule has 2 aromatic rings. The lowest BCUT2D eigenvalue weighted by Crippen LogP contribution is -2.46. The molecule has 1 aliphatic rings. The number of carbonyl (C=O) groups is 2. The number of nitrogens with one attached hydrogen (secondary N) is 1. The van der Waals surface area contributed by atoms with Crippen molar-refractivity contribution in [2.75, 3.05) is 19.6 Å². The molecule has 1 fully saturated rings. The van der Waals surface area contributed by atoms with Crippen molar-refractivity contribution in [2.45, 2.75) is 52.8 Å². The summed E-state index contributed by atoms with van der Waals surface area (Å²) in [5.41, 5.74) is 1.53. The summed E-state index contributed by atoms with van der Waals surface area (Å²) in [4.78, 5) is 26.9. The maximum atomic E-state index is 13.1. The summed E-state index contributed by atoms with van der Waals surface area (Å²) in [7, 11) is 0. The zero-order valence-corrected chi connectivity index (χ0v) is 18.9. The number of nitrogens with zero attached hydrogens (tertiary/aromatic N) is 2. The normalized spacial score (nSPS) is 15.9. The fourth-order valence-electron chi connectivity index (χ4n) is 4.16. The van der Waals surface area contributed by atoms with Gasteiger partial charge in [0.05, 0.1) is 12.1 Å². The number of Topliss-reactive ketones (excluding diaryl/α,β-unsaturated/α-hetero) is 1. The Hall–Kier alpha value is -2.61. The predicted molar refractivity (Wildman–Crippen MR) is 117 cm³/mol. The van der Waals surface area contributed by atoms with Crippen LogP contribution in [0.5, 0.6) is 0 Å². The smallest absolute Gasteiger partial charge is 0.353 e. The van der Waals surface area contributed by atoms with Crippen molar-refractivity contribution in [1.82, 2.24) is 14.8 Å². The van der Waals surface area contributed by atoms with Gasteiger partial charge < -0.3 is 9.88 Å². The van der Waals surface area contributed by atoms with Crippen LogP contribution in [0.2, 0.25) is 0 Å². The SMILES string of the molecule is Cc1cc(C(=O)CN2CCC(NC(=O)C(C)C)CC2)c(C)n1-c1cccc(C(F)(F)F)c1. The van der Waals surface area contributed by atoms with E-state index in [4.69, 9.17) is 0 Å². The van der Waals surface area contributed by atoms with Crippen LogP contribution in [-0.4, -0.2) is 46.8 Å². The number of carbonyl (C=O) groups excluding carboxylic acids is 2. The highest BCUT2D eigenvalue weighted by atomic mass is 19.4. The molecule has 1 aliphatic heterocycles. The molecule has 0 bridgehead atoms. The topological polar surface area (TPSA) is 54.3 Å². The van der Waals surface area contributed by atoms with Crippen LogP contribution >= 0.6 is 0 Å². The summed E-state index contributed by atoms with van der Waals surface area (Å²) in [6.07, 6.45) is -2.85. The van der Waals surface area contributed by atoms with E-state index in [1.807, 2.05) is 13.8 Å². The number of hydrogen-bond donors (Lipinski definition) is 1. The first-order chi connectivity index (χ1) is 15.0. The number of alkyl halides is 3. The van der Waals surface area contributed by atoms with E-state index in [1.165, 1.54) is 6.07 Å². The number of ketones is 1. The average molecular weight is 450 g/mol. The van der Waals surface area contributed by atoms with Gasteiger partial charge in [-0.05, 0) is 51.0 Å². The van der Waals surface area contributed by atoms with Gasteiger partial charge in [0.25, 0.3) is 0 Å². The number of amides is 1. The second kappa shape index (κ2) is 9.48. The number of piperidine rings is 1. The average Bonchev–Trinajstić information content (AvgIpc) is 3.03. The van der Waals surface area contributed by atoms with Crippen molar-refractivity contribution >= 4 is 11.7 Å². The molecule has 2 heterocycles. The van der Waals surface area contributed by atoms with Gasteiger partial charge in [0.2, 0.25) is 5.91 Å².